The molecule has 1 atom stereocenters. The molecule has 0 unspecified atom stereocenters. The topological polar surface area (TPSA) is 126 Å². The minimum absolute atomic E-state index is 0.0285. The first-order valence-corrected chi connectivity index (χ1v) is 11.5. The first kappa shape index (κ1) is 25.1. The minimum atomic E-state index is -2.75. The van der Waals surface area contributed by atoms with Gasteiger partial charge in [0.1, 0.15) is 17.7 Å². The van der Waals surface area contributed by atoms with E-state index in [0.717, 1.165) is 5.56 Å². The third-order valence-electron chi connectivity index (χ3n) is 6.14. The van der Waals surface area contributed by atoms with E-state index in [4.69, 9.17) is 16.6 Å². The Bertz CT molecular complexity index is 1450. The average molecular weight is 511 g/mol. The smallest absolute Gasteiger partial charge is 0.339 e. The van der Waals surface area contributed by atoms with Crippen LogP contribution in [0.25, 0.3) is 11.0 Å². The Morgan fingerprint density at radius 1 is 1.22 bits per heavy atom. The van der Waals surface area contributed by atoms with Crippen molar-refractivity contribution in [2.75, 3.05) is 23.3 Å². The zero-order valence-corrected chi connectivity index (χ0v) is 20.2. The van der Waals surface area contributed by atoms with E-state index in [1.807, 2.05) is 25.1 Å². The summed E-state index contributed by atoms with van der Waals surface area (Å²) in [4.78, 5) is 22.7. The number of benzene rings is 2. The van der Waals surface area contributed by atoms with Crippen LogP contribution in [0.4, 0.5) is 20.3 Å². The number of nitriles is 2. The fourth-order valence-corrected chi connectivity index (χ4v) is 4.53. The largest absolute Gasteiger partial charge is 0.478 e. The van der Waals surface area contributed by atoms with Gasteiger partial charge in [-0.05, 0) is 37.6 Å². The van der Waals surface area contributed by atoms with E-state index >= 15 is 0 Å². The molecule has 0 amide bonds. The molecule has 0 radical (unpaired) electrons. The summed E-state index contributed by atoms with van der Waals surface area (Å²) in [6, 6.07) is 9.92. The van der Waals surface area contributed by atoms with Crippen LogP contribution in [0.1, 0.15) is 58.5 Å². The number of aryl methyl sites for hydroxylation is 1. The molecule has 2 aromatic carbocycles. The van der Waals surface area contributed by atoms with Gasteiger partial charge in [-0.1, -0.05) is 17.7 Å². The van der Waals surface area contributed by atoms with Crippen molar-refractivity contribution in [2.45, 2.75) is 38.7 Å². The summed E-state index contributed by atoms with van der Waals surface area (Å²) in [5.74, 6) is -3.82. The maximum atomic E-state index is 13.7. The summed E-state index contributed by atoms with van der Waals surface area (Å²) in [6.07, 6.45) is -0.682. The molecule has 0 saturated carbocycles. The summed E-state index contributed by atoms with van der Waals surface area (Å²) in [5, 5.41) is 32.0. The summed E-state index contributed by atoms with van der Waals surface area (Å²) < 4.78 is 27.4. The molecule has 1 aliphatic heterocycles. The van der Waals surface area contributed by atoms with Gasteiger partial charge in [0.2, 0.25) is 0 Å². The SMILES string of the molecule is Cc1cc([C@@H](C)Nc2ccc(Cl)c(C#N)c2C(=O)O)c2nc(N3CCC(F)(F)CC3)c(C#N)nc2c1. The number of piperidine rings is 1. The number of halogens is 3. The van der Waals surface area contributed by atoms with E-state index in [-0.39, 0.29) is 59.3 Å². The second kappa shape index (κ2) is 9.56. The van der Waals surface area contributed by atoms with Crippen LogP contribution in [0.5, 0.6) is 0 Å². The van der Waals surface area contributed by atoms with Crippen molar-refractivity contribution in [2.24, 2.45) is 0 Å². The number of hydrogen-bond donors (Lipinski definition) is 2. The van der Waals surface area contributed by atoms with Crippen molar-refractivity contribution in [3.63, 3.8) is 0 Å². The molecule has 1 saturated heterocycles. The molecule has 1 aromatic heterocycles. The van der Waals surface area contributed by atoms with Gasteiger partial charge >= 0.3 is 5.97 Å². The molecule has 184 valence electrons. The van der Waals surface area contributed by atoms with E-state index in [1.165, 1.54) is 12.1 Å². The number of anilines is 2. The lowest BCUT2D eigenvalue weighted by Crippen LogP contribution is -2.40. The van der Waals surface area contributed by atoms with Gasteiger partial charge in [-0.15, -0.1) is 0 Å². The van der Waals surface area contributed by atoms with Crippen molar-refractivity contribution in [3.05, 3.63) is 57.2 Å². The zero-order valence-electron chi connectivity index (χ0n) is 19.4. The van der Waals surface area contributed by atoms with Crippen LogP contribution in [0.2, 0.25) is 5.02 Å². The number of nitrogens with zero attached hydrogens (tertiary/aromatic N) is 5. The van der Waals surface area contributed by atoms with Crippen molar-refractivity contribution < 1.29 is 18.7 Å². The van der Waals surface area contributed by atoms with Crippen LogP contribution >= 0.6 is 11.6 Å². The fourth-order valence-electron chi connectivity index (χ4n) is 4.33. The van der Waals surface area contributed by atoms with Crippen molar-refractivity contribution in [3.8, 4) is 12.1 Å². The highest BCUT2D eigenvalue weighted by atomic mass is 35.5. The molecule has 3 aromatic rings. The van der Waals surface area contributed by atoms with Crippen LogP contribution < -0.4 is 10.2 Å². The van der Waals surface area contributed by atoms with Gasteiger partial charge in [0.05, 0.1) is 33.3 Å². The molecule has 1 aliphatic rings. The average Bonchev–Trinajstić information content (AvgIpc) is 2.83. The number of aromatic carboxylic acids is 1. The zero-order chi connectivity index (χ0) is 26.2. The second-order valence-corrected chi connectivity index (χ2v) is 9.11. The van der Waals surface area contributed by atoms with Crippen molar-refractivity contribution in [1.29, 1.82) is 10.5 Å². The molecule has 2 heterocycles. The number of fused-ring (bicyclic) bond motifs is 1. The molecule has 11 heteroatoms. The van der Waals surface area contributed by atoms with Gasteiger partial charge in [-0.2, -0.15) is 10.5 Å². The van der Waals surface area contributed by atoms with Gasteiger partial charge in [0.15, 0.2) is 11.5 Å². The molecule has 0 spiro atoms. The maximum absolute atomic E-state index is 13.7. The van der Waals surface area contributed by atoms with E-state index in [2.05, 4.69) is 10.3 Å². The Labute approximate surface area is 210 Å². The Kier molecular flexibility index (Phi) is 6.66. The number of carbonyl (C=O) groups is 1. The standard InChI is InChI=1S/C25H21ClF2N6O2/c1-13-9-15(14(2)31-18-4-3-17(26)16(11-29)21(18)24(35)36)22-19(10-13)32-20(12-30)23(33-22)34-7-5-25(27,28)6-8-34/h3-4,9-10,14,31H,5-8H2,1-2H3,(H,35,36)/t14-/m1/s1. The molecule has 8 nitrogen and oxygen atoms in total. The highest BCUT2D eigenvalue weighted by molar-refractivity contribution is 6.32. The molecule has 1 fully saturated rings. The molecule has 4 rings (SSSR count). The quantitative estimate of drug-likeness (QED) is 0.464. The Morgan fingerprint density at radius 3 is 2.53 bits per heavy atom. The van der Waals surface area contributed by atoms with Gasteiger partial charge in [-0.25, -0.2) is 23.5 Å². The summed E-state index contributed by atoms with van der Waals surface area (Å²) in [5.41, 5.74) is 2.25. The first-order chi connectivity index (χ1) is 17.0. The van der Waals surface area contributed by atoms with Crippen molar-refractivity contribution >= 4 is 40.1 Å². The molecule has 36 heavy (non-hydrogen) atoms. The fraction of sp³-hybridized carbons (Fsp3) is 0.320. The van der Waals surface area contributed by atoms with Crippen LogP contribution in [0.3, 0.4) is 0 Å². The number of hydrogen-bond acceptors (Lipinski definition) is 7. The Balaban J connectivity index is 1.80. The van der Waals surface area contributed by atoms with Gasteiger partial charge in [0.25, 0.3) is 5.92 Å². The predicted molar refractivity (Wildman–Crippen MR) is 131 cm³/mol. The van der Waals surface area contributed by atoms with E-state index in [9.17, 15) is 29.2 Å². The lowest BCUT2D eigenvalue weighted by atomic mass is 10.0. The summed E-state index contributed by atoms with van der Waals surface area (Å²) >= 11 is 6.03. The van der Waals surface area contributed by atoms with E-state index < -0.39 is 17.9 Å². The van der Waals surface area contributed by atoms with Crippen molar-refractivity contribution in [1.82, 2.24) is 9.97 Å². The molecule has 0 bridgehead atoms. The first-order valence-electron chi connectivity index (χ1n) is 11.1. The number of carboxylic acid groups (broad SMARTS) is 1. The van der Waals surface area contributed by atoms with E-state index in [0.29, 0.717) is 16.6 Å². The monoisotopic (exact) mass is 510 g/mol. The maximum Gasteiger partial charge on any atom is 0.339 e. The van der Waals surface area contributed by atoms with E-state index in [1.54, 1.807) is 17.9 Å². The highest BCUT2D eigenvalue weighted by Gasteiger charge is 2.35. The number of rotatable bonds is 5. The minimum Gasteiger partial charge on any atom is -0.478 e. The Morgan fingerprint density at radius 2 is 1.92 bits per heavy atom. The number of alkyl halides is 2. The summed E-state index contributed by atoms with van der Waals surface area (Å²) in [6.45, 7) is 3.73. The third-order valence-corrected chi connectivity index (χ3v) is 6.46. The van der Waals surface area contributed by atoms with Crippen LogP contribution in [0, 0.1) is 29.6 Å². The molecule has 0 aliphatic carbocycles. The molecular weight excluding hydrogens is 490 g/mol. The Hall–Kier alpha value is -4.02. The van der Waals surface area contributed by atoms with Gasteiger partial charge in [0, 0.05) is 31.5 Å². The lowest BCUT2D eigenvalue weighted by Gasteiger charge is -2.33. The number of carboxylic acids is 1. The highest BCUT2D eigenvalue weighted by Crippen LogP contribution is 2.35. The predicted octanol–water partition coefficient (Wildman–Crippen LogP) is 5.44. The third kappa shape index (κ3) is 4.73. The lowest BCUT2D eigenvalue weighted by molar-refractivity contribution is -0.0221. The molecule has 2 N–H and O–H groups in total. The van der Waals surface area contributed by atoms with Crippen LogP contribution in [0.15, 0.2) is 24.3 Å². The van der Waals surface area contributed by atoms with Gasteiger partial charge in [-0.3, -0.25) is 0 Å². The van der Waals surface area contributed by atoms with Crippen LogP contribution in [-0.4, -0.2) is 40.1 Å². The normalized spacial score (nSPS) is 15.7. The second-order valence-electron chi connectivity index (χ2n) is 8.70. The summed E-state index contributed by atoms with van der Waals surface area (Å²) in [7, 11) is 0. The molecular formula is C25H21ClF2N6O2. The number of aromatic nitrogens is 2. The van der Waals surface area contributed by atoms with Crippen LogP contribution in [-0.2, 0) is 0 Å². The number of nitrogens with one attached hydrogen (secondary N) is 1. The van der Waals surface area contributed by atoms with Gasteiger partial charge < -0.3 is 15.3 Å².